The second-order valence-corrected chi connectivity index (χ2v) is 7.26. The van der Waals surface area contributed by atoms with Crippen LogP contribution in [0.5, 0.6) is 5.75 Å². The first-order valence-electron chi connectivity index (χ1n) is 9.05. The minimum absolute atomic E-state index is 0.0741. The number of nitro groups is 1. The van der Waals surface area contributed by atoms with Gasteiger partial charge in [-0.25, -0.2) is 4.98 Å². The third-order valence-electron chi connectivity index (χ3n) is 4.42. The largest absolute Gasteiger partial charge is 0.494 e. The molecule has 0 aliphatic rings. The van der Waals surface area contributed by atoms with Crippen LogP contribution in [0.25, 0.3) is 16.4 Å². The topological polar surface area (TPSA) is 128 Å². The van der Waals surface area contributed by atoms with Crippen molar-refractivity contribution in [2.24, 2.45) is 10.2 Å². The number of ether oxygens (including phenoxy) is 1. The maximum absolute atomic E-state index is 12.9. The Labute approximate surface area is 179 Å². The number of non-ortho nitro benzene ring substituents is 1. The molecule has 4 rings (SSSR count). The molecule has 10 nitrogen and oxygen atoms in total. The number of thiazole rings is 1. The molecule has 0 fully saturated rings. The van der Waals surface area contributed by atoms with E-state index in [-0.39, 0.29) is 17.1 Å². The Morgan fingerprint density at radius 3 is 2.68 bits per heavy atom. The highest BCUT2D eigenvalue weighted by molar-refractivity contribution is 7.12. The smallest absolute Gasteiger partial charge is 0.301 e. The second kappa shape index (κ2) is 8.32. The summed E-state index contributed by atoms with van der Waals surface area (Å²) in [5.41, 5.74) is 1.81. The number of hydrogen-bond acceptors (Lipinski definition) is 8. The van der Waals surface area contributed by atoms with Gasteiger partial charge in [0.05, 0.1) is 23.4 Å². The zero-order chi connectivity index (χ0) is 22.0. The summed E-state index contributed by atoms with van der Waals surface area (Å²) in [6.45, 7) is 1.68. The number of H-pyrrole nitrogens is 1. The van der Waals surface area contributed by atoms with Gasteiger partial charge in [0.25, 0.3) is 5.69 Å². The Morgan fingerprint density at radius 1 is 1.19 bits per heavy atom. The Hall–Kier alpha value is -4.12. The first-order chi connectivity index (χ1) is 15.0. The number of benzene rings is 2. The van der Waals surface area contributed by atoms with Gasteiger partial charge in [0.15, 0.2) is 5.69 Å². The molecule has 0 spiro atoms. The highest BCUT2D eigenvalue weighted by Crippen LogP contribution is 2.33. The molecule has 0 aliphatic carbocycles. The molecule has 2 aromatic heterocycles. The van der Waals surface area contributed by atoms with Crippen molar-refractivity contribution in [1.29, 1.82) is 0 Å². The molecule has 0 aliphatic heterocycles. The van der Waals surface area contributed by atoms with Crippen LogP contribution in [0.3, 0.4) is 0 Å². The zero-order valence-corrected chi connectivity index (χ0v) is 17.3. The molecule has 0 atom stereocenters. The predicted molar refractivity (Wildman–Crippen MR) is 116 cm³/mol. The van der Waals surface area contributed by atoms with Crippen molar-refractivity contribution in [3.63, 3.8) is 0 Å². The fourth-order valence-corrected chi connectivity index (χ4v) is 3.66. The SMILES string of the molecule is COc1ccc([N+](=O)[O-])cc1N=Nc1c(C)[nH]n(-c2nc(-c3ccccc3)cs2)c1=O. The lowest BCUT2D eigenvalue weighted by molar-refractivity contribution is -0.384. The van der Waals surface area contributed by atoms with Crippen LogP contribution in [0, 0.1) is 17.0 Å². The molecule has 0 bridgehead atoms. The first-order valence-corrected chi connectivity index (χ1v) is 9.93. The van der Waals surface area contributed by atoms with E-state index in [1.165, 1.54) is 41.3 Å². The van der Waals surface area contributed by atoms with Crippen LogP contribution < -0.4 is 10.3 Å². The third-order valence-corrected chi connectivity index (χ3v) is 5.25. The molecular weight excluding hydrogens is 420 g/mol. The monoisotopic (exact) mass is 436 g/mol. The van der Waals surface area contributed by atoms with Crippen LogP contribution in [-0.2, 0) is 0 Å². The molecule has 2 aromatic carbocycles. The van der Waals surface area contributed by atoms with E-state index in [1.54, 1.807) is 6.92 Å². The van der Waals surface area contributed by atoms with Crippen LogP contribution in [0.4, 0.5) is 17.1 Å². The summed E-state index contributed by atoms with van der Waals surface area (Å²) in [7, 11) is 1.42. The molecule has 0 saturated heterocycles. The fraction of sp³-hybridized carbons (Fsp3) is 0.100. The Balaban J connectivity index is 1.69. The summed E-state index contributed by atoms with van der Waals surface area (Å²) < 4.78 is 6.47. The lowest BCUT2D eigenvalue weighted by Crippen LogP contribution is -2.13. The number of rotatable bonds is 6. The van der Waals surface area contributed by atoms with Crippen molar-refractivity contribution >= 4 is 28.4 Å². The molecule has 11 heteroatoms. The lowest BCUT2D eigenvalue weighted by atomic mass is 10.2. The highest BCUT2D eigenvalue weighted by atomic mass is 32.1. The summed E-state index contributed by atoms with van der Waals surface area (Å²) >= 11 is 1.31. The Morgan fingerprint density at radius 2 is 1.97 bits per heavy atom. The molecule has 0 amide bonds. The van der Waals surface area contributed by atoms with Gasteiger partial charge < -0.3 is 4.74 Å². The fourth-order valence-electron chi connectivity index (χ4n) is 2.87. The van der Waals surface area contributed by atoms with Gasteiger partial charge in [-0.15, -0.1) is 21.6 Å². The number of methoxy groups -OCH3 is 1. The quantitative estimate of drug-likeness (QED) is 0.260. The summed E-state index contributed by atoms with van der Waals surface area (Å²) in [6.07, 6.45) is 0. The Bertz CT molecular complexity index is 1340. The van der Waals surface area contributed by atoms with Crippen molar-refractivity contribution in [3.05, 3.63) is 80.1 Å². The van der Waals surface area contributed by atoms with Crippen molar-refractivity contribution in [1.82, 2.24) is 14.8 Å². The number of nitro benzene ring substituents is 1. The van der Waals surface area contributed by atoms with Crippen LogP contribution in [0.2, 0.25) is 0 Å². The summed E-state index contributed by atoms with van der Waals surface area (Å²) in [4.78, 5) is 27.9. The van der Waals surface area contributed by atoms with Gasteiger partial charge in [0.2, 0.25) is 5.13 Å². The van der Waals surface area contributed by atoms with Gasteiger partial charge in [-0.05, 0) is 13.0 Å². The normalized spacial score (nSPS) is 11.2. The number of azo groups is 1. The van der Waals surface area contributed by atoms with E-state index in [1.807, 2.05) is 35.7 Å². The van der Waals surface area contributed by atoms with Crippen molar-refractivity contribution in [3.8, 4) is 22.1 Å². The molecule has 0 radical (unpaired) electrons. The molecule has 31 heavy (non-hydrogen) atoms. The first kappa shape index (κ1) is 20.2. The zero-order valence-electron chi connectivity index (χ0n) is 16.5. The number of aromatic nitrogens is 3. The van der Waals surface area contributed by atoms with E-state index < -0.39 is 10.5 Å². The maximum atomic E-state index is 12.9. The average molecular weight is 436 g/mol. The number of aryl methyl sites for hydroxylation is 1. The van der Waals surface area contributed by atoms with Gasteiger partial charge in [0.1, 0.15) is 11.4 Å². The molecule has 2 heterocycles. The average Bonchev–Trinajstić information content (AvgIpc) is 3.37. The maximum Gasteiger partial charge on any atom is 0.301 e. The molecular formula is C20H16N6O4S. The predicted octanol–water partition coefficient (Wildman–Crippen LogP) is 4.93. The standard InChI is InChI=1S/C20H16N6O4S/c1-12-18(23-22-15-10-14(26(28)29)8-9-17(15)30-2)19(27)25(24-12)20-21-16(11-31-20)13-6-4-3-5-7-13/h3-11,24H,1-2H3. The van der Waals surface area contributed by atoms with Crippen LogP contribution in [0.1, 0.15) is 5.69 Å². The molecule has 4 aromatic rings. The molecule has 0 saturated carbocycles. The summed E-state index contributed by atoms with van der Waals surface area (Å²) in [5, 5.41) is 24.3. The van der Waals surface area contributed by atoms with E-state index in [4.69, 9.17) is 4.74 Å². The van der Waals surface area contributed by atoms with Gasteiger partial charge in [-0.1, -0.05) is 30.3 Å². The number of hydrogen-bond donors (Lipinski definition) is 1. The Kier molecular flexibility index (Phi) is 5.41. The number of nitrogens with zero attached hydrogens (tertiary/aromatic N) is 5. The third kappa shape index (κ3) is 3.98. The highest BCUT2D eigenvalue weighted by Gasteiger charge is 2.16. The minimum Gasteiger partial charge on any atom is -0.494 e. The van der Waals surface area contributed by atoms with Crippen LogP contribution in [0.15, 0.2) is 68.9 Å². The summed E-state index contributed by atoms with van der Waals surface area (Å²) in [5.74, 6) is 0.301. The van der Waals surface area contributed by atoms with Crippen LogP contribution >= 0.6 is 11.3 Å². The van der Waals surface area contributed by atoms with Crippen LogP contribution in [-0.4, -0.2) is 26.8 Å². The van der Waals surface area contributed by atoms with E-state index in [2.05, 4.69) is 20.3 Å². The van der Waals surface area contributed by atoms with Crippen molar-refractivity contribution < 1.29 is 9.66 Å². The van der Waals surface area contributed by atoms with Gasteiger partial charge in [-0.3, -0.25) is 20.0 Å². The van der Waals surface area contributed by atoms with E-state index in [0.29, 0.717) is 16.6 Å². The number of aromatic amines is 1. The van der Waals surface area contributed by atoms with E-state index >= 15 is 0 Å². The van der Waals surface area contributed by atoms with Gasteiger partial charge >= 0.3 is 5.56 Å². The minimum atomic E-state index is -0.542. The van der Waals surface area contributed by atoms with E-state index in [9.17, 15) is 14.9 Å². The molecule has 0 unspecified atom stereocenters. The molecule has 156 valence electrons. The van der Waals surface area contributed by atoms with Crippen molar-refractivity contribution in [2.75, 3.05) is 7.11 Å². The summed E-state index contributed by atoms with van der Waals surface area (Å²) in [6, 6.07) is 13.6. The number of nitrogens with one attached hydrogen (secondary N) is 1. The second-order valence-electron chi connectivity index (χ2n) is 6.42. The lowest BCUT2D eigenvalue weighted by Gasteiger charge is -2.02. The molecule has 1 N–H and O–H groups in total. The van der Waals surface area contributed by atoms with Gasteiger partial charge in [-0.2, -0.15) is 4.68 Å². The van der Waals surface area contributed by atoms with E-state index in [0.717, 1.165) is 11.3 Å². The van der Waals surface area contributed by atoms with Gasteiger partial charge in [0, 0.05) is 23.1 Å². The van der Waals surface area contributed by atoms with Crippen molar-refractivity contribution in [2.45, 2.75) is 6.92 Å².